The Morgan fingerprint density at radius 2 is 1.89 bits per heavy atom. The van der Waals surface area contributed by atoms with E-state index in [1.54, 1.807) is 30.0 Å². The minimum Gasteiger partial charge on any atom is -0.385 e. The van der Waals surface area contributed by atoms with Crippen molar-refractivity contribution in [3.8, 4) is 16.9 Å². The number of nitrogens with zero attached hydrogens (tertiary/aromatic N) is 2. The number of nitrogens with one attached hydrogen (secondary N) is 1. The van der Waals surface area contributed by atoms with Gasteiger partial charge in [-0.05, 0) is 62.2 Å². The van der Waals surface area contributed by atoms with Crippen LogP contribution in [-0.2, 0) is 4.74 Å². The molecular weight excluding hydrogens is 357 g/mol. The molecule has 0 bridgehead atoms. The first-order chi connectivity index (χ1) is 13.5. The van der Waals surface area contributed by atoms with Crippen molar-refractivity contribution in [3.63, 3.8) is 0 Å². The molecule has 5 nitrogen and oxygen atoms in total. The third kappa shape index (κ3) is 4.46. The molecule has 146 valence electrons. The number of carbonyl (C=O) groups excluding carboxylic acids is 1. The second-order valence-corrected chi connectivity index (χ2v) is 6.73. The number of halogens is 1. The second kappa shape index (κ2) is 8.80. The van der Waals surface area contributed by atoms with Gasteiger partial charge in [-0.1, -0.05) is 17.7 Å². The Hall–Kier alpha value is -2.99. The van der Waals surface area contributed by atoms with Crippen LogP contribution in [0, 0.1) is 19.7 Å². The molecule has 0 saturated heterocycles. The van der Waals surface area contributed by atoms with Crippen molar-refractivity contribution in [1.29, 1.82) is 0 Å². The van der Waals surface area contributed by atoms with Gasteiger partial charge in [0, 0.05) is 25.8 Å². The highest BCUT2D eigenvalue weighted by atomic mass is 19.1. The van der Waals surface area contributed by atoms with Gasteiger partial charge in [0.15, 0.2) is 0 Å². The zero-order valence-electron chi connectivity index (χ0n) is 16.3. The molecule has 1 aromatic heterocycles. The van der Waals surface area contributed by atoms with E-state index in [1.807, 2.05) is 26.0 Å². The first kappa shape index (κ1) is 19.8. The molecule has 0 unspecified atom stereocenters. The molecule has 1 heterocycles. The molecule has 3 aromatic rings. The Kier molecular flexibility index (Phi) is 6.21. The van der Waals surface area contributed by atoms with Crippen molar-refractivity contribution in [2.24, 2.45) is 0 Å². The minimum absolute atomic E-state index is 0.211. The molecule has 28 heavy (non-hydrogen) atoms. The molecule has 2 aromatic carbocycles. The third-order valence-corrected chi connectivity index (χ3v) is 4.47. The molecule has 0 saturated carbocycles. The van der Waals surface area contributed by atoms with Crippen LogP contribution >= 0.6 is 0 Å². The van der Waals surface area contributed by atoms with Crippen molar-refractivity contribution in [3.05, 3.63) is 71.2 Å². The summed E-state index contributed by atoms with van der Waals surface area (Å²) in [7, 11) is 1.63. The van der Waals surface area contributed by atoms with Gasteiger partial charge in [-0.2, -0.15) is 5.10 Å². The predicted molar refractivity (Wildman–Crippen MR) is 107 cm³/mol. The van der Waals surface area contributed by atoms with Crippen LogP contribution in [0.3, 0.4) is 0 Å². The maximum Gasteiger partial charge on any atom is 0.270 e. The van der Waals surface area contributed by atoms with Gasteiger partial charge in [-0.15, -0.1) is 0 Å². The zero-order chi connectivity index (χ0) is 20.1. The van der Waals surface area contributed by atoms with Crippen molar-refractivity contribution in [2.75, 3.05) is 20.3 Å². The average Bonchev–Trinajstić information content (AvgIpc) is 3.11. The molecule has 1 N–H and O–H groups in total. The number of rotatable bonds is 7. The first-order valence-corrected chi connectivity index (χ1v) is 9.20. The summed E-state index contributed by atoms with van der Waals surface area (Å²) in [6.45, 7) is 5.10. The highest BCUT2D eigenvalue weighted by molar-refractivity contribution is 5.94. The Morgan fingerprint density at radius 1 is 1.14 bits per heavy atom. The standard InChI is InChI=1S/C22H24FN3O2/c1-15-5-10-20(16(2)13-15)26-21(22(27)24-11-4-12-28-3)14-19(25-26)17-6-8-18(23)9-7-17/h5-10,13-14H,4,11-12H2,1-3H3,(H,24,27). The minimum atomic E-state index is -0.311. The Bertz CT molecular complexity index is 964. The smallest absolute Gasteiger partial charge is 0.270 e. The second-order valence-electron chi connectivity index (χ2n) is 6.73. The van der Waals surface area contributed by atoms with Crippen LogP contribution in [0.2, 0.25) is 0 Å². The van der Waals surface area contributed by atoms with Crippen LogP contribution in [0.1, 0.15) is 28.0 Å². The van der Waals surface area contributed by atoms with E-state index in [2.05, 4.69) is 16.5 Å². The van der Waals surface area contributed by atoms with E-state index >= 15 is 0 Å². The lowest BCUT2D eigenvalue weighted by Crippen LogP contribution is -2.27. The van der Waals surface area contributed by atoms with E-state index in [9.17, 15) is 9.18 Å². The van der Waals surface area contributed by atoms with Crippen LogP contribution in [0.5, 0.6) is 0 Å². The van der Waals surface area contributed by atoms with E-state index in [4.69, 9.17) is 4.74 Å². The number of hydrogen-bond donors (Lipinski definition) is 1. The number of benzene rings is 2. The summed E-state index contributed by atoms with van der Waals surface area (Å²) in [5, 5.41) is 7.55. The highest BCUT2D eigenvalue weighted by Gasteiger charge is 2.18. The molecule has 0 spiro atoms. The molecule has 0 aliphatic heterocycles. The summed E-state index contributed by atoms with van der Waals surface area (Å²) in [4.78, 5) is 12.8. The molecule has 1 amide bonds. The van der Waals surface area contributed by atoms with Gasteiger partial charge in [0.2, 0.25) is 0 Å². The van der Waals surface area contributed by atoms with Crippen LogP contribution < -0.4 is 5.32 Å². The molecule has 3 rings (SSSR count). The summed E-state index contributed by atoms with van der Waals surface area (Å²) >= 11 is 0. The van der Waals surface area contributed by atoms with Crippen molar-refractivity contribution in [1.82, 2.24) is 15.1 Å². The maximum atomic E-state index is 13.3. The van der Waals surface area contributed by atoms with E-state index < -0.39 is 0 Å². The largest absolute Gasteiger partial charge is 0.385 e. The summed E-state index contributed by atoms with van der Waals surface area (Å²) in [5.41, 5.74) is 4.78. The van der Waals surface area contributed by atoms with E-state index in [1.165, 1.54) is 12.1 Å². The Balaban J connectivity index is 2.00. The predicted octanol–water partition coefficient (Wildman–Crippen LogP) is 4.06. The average molecular weight is 381 g/mol. The number of methoxy groups -OCH3 is 1. The molecule has 0 fully saturated rings. The lowest BCUT2D eigenvalue weighted by atomic mass is 10.1. The number of hydrogen-bond acceptors (Lipinski definition) is 3. The number of carbonyl (C=O) groups is 1. The van der Waals surface area contributed by atoms with Crippen LogP contribution in [0.4, 0.5) is 4.39 Å². The zero-order valence-corrected chi connectivity index (χ0v) is 16.3. The fourth-order valence-electron chi connectivity index (χ4n) is 3.04. The normalized spacial score (nSPS) is 10.9. The molecule has 0 atom stereocenters. The van der Waals surface area contributed by atoms with Crippen molar-refractivity contribution in [2.45, 2.75) is 20.3 Å². The molecule has 0 aliphatic carbocycles. The lowest BCUT2D eigenvalue weighted by Gasteiger charge is -2.11. The molecule has 0 radical (unpaired) electrons. The summed E-state index contributed by atoms with van der Waals surface area (Å²) < 4.78 is 19.9. The highest BCUT2D eigenvalue weighted by Crippen LogP contribution is 2.24. The van der Waals surface area contributed by atoms with Gasteiger partial charge in [0.05, 0.1) is 11.4 Å². The third-order valence-electron chi connectivity index (χ3n) is 4.47. The SMILES string of the molecule is COCCCNC(=O)c1cc(-c2ccc(F)cc2)nn1-c1ccc(C)cc1C. The lowest BCUT2D eigenvalue weighted by molar-refractivity contribution is 0.0941. The number of amides is 1. The van der Waals surface area contributed by atoms with E-state index in [0.29, 0.717) is 24.5 Å². The summed E-state index contributed by atoms with van der Waals surface area (Å²) in [6.07, 6.45) is 0.727. The van der Waals surface area contributed by atoms with Gasteiger partial charge in [-0.3, -0.25) is 4.79 Å². The van der Waals surface area contributed by atoms with Gasteiger partial charge in [-0.25, -0.2) is 9.07 Å². The fourth-order valence-corrected chi connectivity index (χ4v) is 3.04. The fraction of sp³-hybridized carbons (Fsp3) is 0.273. The van der Waals surface area contributed by atoms with Crippen molar-refractivity contribution < 1.29 is 13.9 Å². The van der Waals surface area contributed by atoms with Gasteiger partial charge < -0.3 is 10.1 Å². The van der Waals surface area contributed by atoms with E-state index in [0.717, 1.165) is 28.8 Å². The molecular formula is C22H24FN3O2. The van der Waals surface area contributed by atoms with Crippen molar-refractivity contribution >= 4 is 5.91 Å². The summed E-state index contributed by atoms with van der Waals surface area (Å²) in [5.74, 6) is -0.523. The van der Waals surface area contributed by atoms with Gasteiger partial charge >= 0.3 is 0 Å². The number of ether oxygens (including phenoxy) is 1. The van der Waals surface area contributed by atoms with Crippen LogP contribution in [0.15, 0.2) is 48.5 Å². The Labute approximate surface area is 164 Å². The monoisotopic (exact) mass is 381 g/mol. The molecule has 6 heteroatoms. The van der Waals surface area contributed by atoms with Gasteiger partial charge in [0.25, 0.3) is 5.91 Å². The van der Waals surface area contributed by atoms with Crippen LogP contribution in [0.25, 0.3) is 16.9 Å². The summed E-state index contributed by atoms with van der Waals surface area (Å²) in [6, 6.07) is 13.8. The van der Waals surface area contributed by atoms with Gasteiger partial charge in [0.1, 0.15) is 11.5 Å². The Morgan fingerprint density at radius 3 is 2.57 bits per heavy atom. The molecule has 0 aliphatic rings. The van der Waals surface area contributed by atoms with E-state index in [-0.39, 0.29) is 11.7 Å². The quantitative estimate of drug-likeness (QED) is 0.628. The maximum absolute atomic E-state index is 13.3. The number of aromatic nitrogens is 2. The van der Waals surface area contributed by atoms with Crippen LogP contribution in [-0.4, -0.2) is 35.9 Å². The number of aryl methyl sites for hydroxylation is 2. The first-order valence-electron chi connectivity index (χ1n) is 9.20. The topological polar surface area (TPSA) is 56.1 Å².